The van der Waals surface area contributed by atoms with Gasteiger partial charge in [0.2, 0.25) is 0 Å². The van der Waals surface area contributed by atoms with E-state index < -0.39 is 0 Å². The van der Waals surface area contributed by atoms with Gasteiger partial charge in [0.15, 0.2) is 5.82 Å². The Morgan fingerprint density at radius 3 is 2.90 bits per heavy atom. The molecule has 3 heterocycles. The van der Waals surface area contributed by atoms with Crippen molar-refractivity contribution in [2.24, 2.45) is 0 Å². The average Bonchev–Trinajstić information content (AvgIpc) is 3.39. The van der Waals surface area contributed by atoms with E-state index in [1.807, 2.05) is 45.3 Å². The van der Waals surface area contributed by atoms with Crippen LogP contribution < -0.4 is 10.6 Å². The Morgan fingerprint density at radius 2 is 2.16 bits per heavy atom. The number of rotatable bonds is 7. The lowest BCUT2D eigenvalue weighted by Gasteiger charge is -2.20. The van der Waals surface area contributed by atoms with Crippen molar-refractivity contribution in [3.63, 3.8) is 0 Å². The molecule has 31 heavy (non-hydrogen) atoms. The van der Waals surface area contributed by atoms with Crippen LogP contribution in [-0.4, -0.2) is 34.3 Å². The van der Waals surface area contributed by atoms with Crippen LogP contribution in [-0.2, 0) is 17.9 Å². The molecule has 0 fully saturated rings. The normalized spacial score (nSPS) is 13.5. The van der Waals surface area contributed by atoms with E-state index in [1.165, 1.54) is 0 Å². The summed E-state index contributed by atoms with van der Waals surface area (Å²) in [5, 5.41) is 20.3. The molecule has 1 aliphatic heterocycles. The van der Waals surface area contributed by atoms with E-state index in [0.29, 0.717) is 36.6 Å². The number of likely N-dealkylation sites (N-methyl/N-ethyl adjacent to an activating group) is 1. The van der Waals surface area contributed by atoms with E-state index in [9.17, 15) is 4.79 Å². The second kappa shape index (κ2) is 8.68. The predicted molar refractivity (Wildman–Crippen MR) is 115 cm³/mol. The second-order valence-electron chi connectivity index (χ2n) is 7.62. The molecule has 1 aliphatic rings. The fraction of sp³-hybridized carbons (Fsp3) is 0.304. The molecule has 158 valence electrons. The summed E-state index contributed by atoms with van der Waals surface area (Å²) in [5.74, 6) is 0.439. The van der Waals surface area contributed by atoms with Gasteiger partial charge in [-0.15, -0.1) is 0 Å². The number of ether oxygens (including phenoxy) is 1. The van der Waals surface area contributed by atoms with Gasteiger partial charge in [0, 0.05) is 42.7 Å². The summed E-state index contributed by atoms with van der Waals surface area (Å²) < 4.78 is 6.88. The quantitative estimate of drug-likeness (QED) is 0.570. The summed E-state index contributed by atoms with van der Waals surface area (Å²) in [6, 6.07) is 7.93. The molecule has 8 heteroatoms. The van der Waals surface area contributed by atoms with Crippen LogP contribution in [0.1, 0.15) is 49.8 Å². The lowest BCUT2D eigenvalue weighted by Crippen LogP contribution is -2.30. The Kier molecular flexibility index (Phi) is 5.80. The molecular weight excluding hydrogens is 392 g/mol. The minimum absolute atomic E-state index is 0.0962. The predicted octanol–water partition coefficient (Wildman–Crippen LogP) is 2.48. The maximum atomic E-state index is 11.8. The highest BCUT2D eigenvalue weighted by molar-refractivity contribution is 5.93. The molecule has 0 aliphatic carbocycles. The lowest BCUT2D eigenvalue weighted by molar-refractivity contribution is 0.0535. The Bertz CT molecular complexity index is 1180. The van der Waals surface area contributed by atoms with Gasteiger partial charge in [-0.3, -0.25) is 0 Å². The summed E-state index contributed by atoms with van der Waals surface area (Å²) in [6.45, 7) is 5.64. The number of pyridine rings is 1. The molecule has 0 saturated carbocycles. The number of carbonyl (C=O) groups is 1. The smallest absolute Gasteiger partial charge is 0.338 e. The number of esters is 1. The zero-order valence-electron chi connectivity index (χ0n) is 17.8. The Hall–Kier alpha value is -3.54. The molecule has 0 unspecified atom stereocenters. The molecule has 1 aromatic carbocycles. The largest absolute Gasteiger partial charge is 0.457 e. The first-order chi connectivity index (χ1) is 15.0. The van der Waals surface area contributed by atoms with E-state index in [4.69, 9.17) is 10.00 Å². The van der Waals surface area contributed by atoms with Gasteiger partial charge in [0.25, 0.3) is 0 Å². The molecule has 4 rings (SSSR count). The van der Waals surface area contributed by atoms with Crippen molar-refractivity contribution in [2.75, 3.05) is 13.6 Å². The minimum Gasteiger partial charge on any atom is -0.457 e. The van der Waals surface area contributed by atoms with Crippen LogP contribution in [0.15, 0.2) is 36.8 Å². The fourth-order valence-electron chi connectivity index (χ4n) is 3.83. The minimum atomic E-state index is -0.243. The summed E-state index contributed by atoms with van der Waals surface area (Å²) in [4.78, 5) is 16.1. The molecule has 8 nitrogen and oxygen atoms in total. The van der Waals surface area contributed by atoms with Gasteiger partial charge in [-0.1, -0.05) is 6.07 Å². The van der Waals surface area contributed by atoms with Crippen molar-refractivity contribution >= 4 is 5.97 Å². The number of carbonyl (C=O) groups excluding carboxylic acids is 1. The van der Waals surface area contributed by atoms with Gasteiger partial charge in [-0.2, -0.15) is 10.4 Å². The van der Waals surface area contributed by atoms with Gasteiger partial charge in [-0.25, -0.2) is 14.5 Å². The fourth-order valence-corrected chi connectivity index (χ4v) is 3.83. The van der Waals surface area contributed by atoms with Crippen LogP contribution in [0.3, 0.4) is 0 Å². The first-order valence-electron chi connectivity index (χ1n) is 10.1. The van der Waals surface area contributed by atoms with Gasteiger partial charge < -0.3 is 15.4 Å². The zero-order chi connectivity index (χ0) is 22.0. The number of benzene rings is 1. The van der Waals surface area contributed by atoms with Gasteiger partial charge in [0.1, 0.15) is 12.7 Å². The first kappa shape index (κ1) is 20.7. The molecule has 0 saturated heterocycles. The highest BCUT2D eigenvalue weighted by atomic mass is 16.5. The zero-order valence-corrected chi connectivity index (χ0v) is 17.8. The maximum absolute atomic E-state index is 11.8. The number of nitriles is 1. The number of nitrogens with one attached hydrogen (secondary N) is 2. The van der Waals surface area contributed by atoms with E-state index in [0.717, 1.165) is 27.8 Å². The Labute approximate surface area is 180 Å². The highest BCUT2D eigenvalue weighted by Crippen LogP contribution is 2.28. The number of aryl methyl sites for hydroxylation is 1. The molecular formula is C23H24N6O2. The molecule has 1 atom stereocenters. The van der Waals surface area contributed by atoms with E-state index in [1.54, 1.807) is 17.1 Å². The van der Waals surface area contributed by atoms with Crippen molar-refractivity contribution < 1.29 is 9.53 Å². The Balaban J connectivity index is 1.41. The summed E-state index contributed by atoms with van der Waals surface area (Å²) in [7, 11) is 1.93. The standard InChI is InChI=1S/C23H24N6O2/c1-14-6-22(27-10-17(14)7-24)29-12-16(9-28-29)8-26-11-21(25-3)18-4-5-19-20(15(18)2)13-31-23(19)30/h4-6,9-10,12,21,25-26H,8,11,13H2,1-3H3/t21-/m0/s1. The molecule has 2 N–H and O–H groups in total. The molecule has 0 spiro atoms. The number of cyclic esters (lactones) is 1. The summed E-state index contributed by atoms with van der Waals surface area (Å²) >= 11 is 0. The van der Waals surface area contributed by atoms with Crippen LogP contribution in [0, 0.1) is 25.2 Å². The summed E-state index contributed by atoms with van der Waals surface area (Å²) in [5.41, 5.74) is 6.37. The number of aromatic nitrogens is 3. The molecule has 2 aromatic heterocycles. The van der Waals surface area contributed by atoms with E-state index >= 15 is 0 Å². The molecule has 0 bridgehead atoms. The van der Waals surface area contributed by atoms with Gasteiger partial charge in [-0.05, 0) is 49.7 Å². The third kappa shape index (κ3) is 4.06. The van der Waals surface area contributed by atoms with Gasteiger partial charge in [0.05, 0.1) is 17.3 Å². The number of nitrogens with zero attached hydrogens (tertiary/aromatic N) is 4. The van der Waals surface area contributed by atoms with Crippen LogP contribution in [0.5, 0.6) is 0 Å². The van der Waals surface area contributed by atoms with E-state index in [2.05, 4.69) is 26.8 Å². The van der Waals surface area contributed by atoms with Crippen molar-refractivity contribution in [3.8, 4) is 11.9 Å². The van der Waals surface area contributed by atoms with Crippen molar-refractivity contribution in [1.82, 2.24) is 25.4 Å². The molecule has 0 amide bonds. The highest BCUT2D eigenvalue weighted by Gasteiger charge is 2.25. The lowest BCUT2D eigenvalue weighted by atomic mass is 9.94. The monoisotopic (exact) mass is 416 g/mol. The number of hydrogen-bond donors (Lipinski definition) is 2. The van der Waals surface area contributed by atoms with Crippen molar-refractivity contribution in [3.05, 3.63) is 75.7 Å². The topological polar surface area (TPSA) is 105 Å². The van der Waals surface area contributed by atoms with Crippen molar-refractivity contribution in [2.45, 2.75) is 33.0 Å². The van der Waals surface area contributed by atoms with Crippen LogP contribution in [0.25, 0.3) is 5.82 Å². The second-order valence-corrected chi connectivity index (χ2v) is 7.62. The number of hydrogen-bond acceptors (Lipinski definition) is 7. The van der Waals surface area contributed by atoms with Crippen LogP contribution >= 0.6 is 0 Å². The third-order valence-electron chi connectivity index (χ3n) is 5.70. The van der Waals surface area contributed by atoms with Crippen molar-refractivity contribution in [1.29, 1.82) is 5.26 Å². The van der Waals surface area contributed by atoms with E-state index in [-0.39, 0.29) is 12.0 Å². The summed E-state index contributed by atoms with van der Waals surface area (Å²) in [6.07, 6.45) is 5.30. The SMILES string of the molecule is CN[C@@H](CNCc1cnn(-c2cc(C)c(C#N)cn2)c1)c1ccc2c(c1C)COC2=O. The molecule has 0 radical (unpaired) electrons. The Morgan fingerprint density at radius 1 is 1.32 bits per heavy atom. The maximum Gasteiger partial charge on any atom is 0.338 e. The average molecular weight is 416 g/mol. The third-order valence-corrected chi connectivity index (χ3v) is 5.70. The molecule has 3 aromatic rings. The first-order valence-corrected chi connectivity index (χ1v) is 10.1. The van der Waals surface area contributed by atoms with Gasteiger partial charge >= 0.3 is 5.97 Å². The van der Waals surface area contributed by atoms with Crippen LogP contribution in [0.4, 0.5) is 0 Å². The van der Waals surface area contributed by atoms with Crippen LogP contribution in [0.2, 0.25) is 0 Å². The number of fused-ring (bicyclic) bond motifs is 1.